The maximum Gasteiger partial charge on any atom is 3.00 e. The minimum absolute atomic E-state index is 0. The van der Waals surface area contributed by atoms with Gasteiger partial charge in [0, 0.05) is 35.6 Å². The van der Waals surface area contributed by atoms with E-state index in [1.807, 2.05) is 0 Å². The van der Waals surface area contributed by atoms with E-state index in [1.165, 1.54) is 32.2 Å². The maximum absolute atomic E-state index is 12.5. The molecule has 0 aliphatic carbocycles. The molecule has 0 saturated carbocycles. The topological polar surface area (TPSA) is 353 Å². The summed E-state index contributed by atoms with van der Waals surface area (Å²) in [5.74, 6) is -3.00. The third-order valence-corrected chi connectivity index (χ3v) is 7.46. The number of hydrogen-bond donors (Lipinski definition) is 1. The Morgan fingerprint density at radius 2 is 1.29 bits per heavy atom. The smallest absolute Gasteiger partial charge is 0.866 e. The number of methoxy groups -OCH3 is 1. The van der Waals surface area contributed by atoms with Crippen molar-refractivity contribution in [3.05, 3.63) is 109 Å². The van der Waals surface area contributed by atoms with Crippen LogP contribution in [0.25, 0.3) is 5.69 Å². The first-order valence-corrected chi connectivity index (χ1v) is 15.5. The summed E-state index contributed by atoms with van der Waals surface area (Å²) in [6, 6.07) is 14.6. The van der Waals surface area contributed by atoms with Crippen LogP contribution in [0.1, 0.15) is 5.69 Å². The first-order valence-electron chi connectivity index (χ1n) is 14.0. The van der Waals surface area contributed by atoms with E-state index in [1.54, 1.807) is 30.3 Å². The van der Waals surface area contributed by atoms with E-state index in [4.69, 9.17) is 4.74 Å². The Balaban J connectivity index is 0.000000540. The number of para-hydroxylation sites is 1. The van der Waals surface area contributed by atoms with Crippen LogP contribution in [0.4, 0.5) is 39.8 Å². The van der Waals surface area contributed by atoms with Gasteiger partial charge in [-0.05, 0) is 37.3 Å². The van der Waals surface area contributed by atoms with Gasteiger partial charge in [-0.3, -0.25) is 30.3 Å². The number of azo groups is 2. The number of nitro groups is 3. The molecule has 0 spiro atoms. The molecule has 1 aromatic heterocycles. The van der Waals surface area contributed by atoms with Crippen LogP contribution in [0.5, 0.6) is 28.9 Å². The van der Waals surface area contributed by atoms with Crippen LogP contribution in [0.3, 0.4) is 0 Å². The van der Waals surface area contributed by atoms with Gasteiger partial charge in [0.25, 0.3) is 17.1 Å². The first-order chi connectivity index (χ1) is 24.9. The Hall–Kier alpha value is -5.07. The standard InChI is InChI=1S/C16H13N5O7S.C13H10N4O7.Cr.2Na/c1-9-14(16(23)20(19-9)10-5-3-2-4-6-10)18-17-12-7-11(29(26,27)28)8-13(15(12)22)21(24)25;1-24-8-2-3-12(18)9(6-8)14-15-10-4-7(16(20)21)5-11(13(10)19)17(22)23;;;/h2-8,22-23H,1H3,(H,26,27,28);2-6,18-19H,1H3;;;/q;;+3;2*+1/p-4. The van der Waals surface area contributed by atoms with Crippen LogP contribution in [-0.4, -0.2) is 49.7 Å². The van der Waals surface area contributed by atoms with Crippen molar-refractivity contribution >= 4 is 49.9 Å². The molecule has 5 rings (SSSR count). The number of phenolic OH excluding ortho intramolecular Hbond substituents is 1. The van der Waals surface area contributed by atoms with E-state index in [2.05, 4.69) is 25.6 Å². The zero-order valence-corrected chi connectivity index (χ0v) is 35.1. The number of hydrogen-bond acceptors (Lipinski definition) is 19. The number of rotatable bonds is 10. The number of aryl methyl sites for hydroxylation is 1. The molecule has 1 N–H and O–H groups in total. The number of benzene rings is 4. The van der Waals surface area contributed by atoms with Gasteiger partial charge in [-0.25, -0.2) is 13.1 Å². The molecule has 0 aliphatic heterocycles. The van der Waals surface area contributed by atoms with Gasteiger partial charge in [0.15, 0.2) is 0 Å². The number of phenols is 1. The second-order valence-corrected chi connectivity index (χ2v) is 11.5. The summed E-state index contributed by atoms with van der Waals surface area (Å²) >= 11 is 0. The van der Waals surface area contributed by atoms with Crippen LogP contribution in [0, 0.1) is 37.3 Å². The molecule has 1 radical (unpaired) electrons. The van der Waals surface area contributed by atoms with Gasteiger partial charge in [0.1, 0.15) is 33.0 Å². The number of ether oxygens (including phenoxy) is 1. The molecule has 0 amide bonds. The fourth-order valence-electron chi connectivity index (χ4n) is 4.11. The molecule has 277 valence electrons. The Bertz CT molecular complexity index is 2440. The molecule has 56 heavy (non-hydrogen) atoms. The first kappa shape index (κ1) is 49.0. The molecule has 1 heterocycles. The number of non-ortho nitro benzene ring substituents is 1. The van der Waals surface area contributed by atoms with Crippen LogP contribution in [0.15, 0.2) is 98.1 Å². The number of aromatic nitrogens is 2. The molecule has 23 nitrogen and oxygen atoms in total. The summed E-state index contributed by atoms with van der Waals surface area (Å²) in [4.78, 5) is 28.5. The predicted molar refractivity (Wildman–Crippen MR) is 170 cm³/mol. The van der Waals surface area contributed by atoms with Gasteiger partial charge in [-0.2, -0.15) is 15.3 Å². The van der Waals surface area contributed by atoms with E-state index >= 15 is 0 Å². The minimum Gasteiger partial charge on any atom is -0.866 e. The Kier molecular flexibility index (Phi) is 18.1. The van der Waals surface area contributed by atoms with Crippen molar-refractivity contribution in [3.8, 4) is 34.6 Å². The number of nitro benzene ring substituents is 3. The van der Waals surface area contributed by atoms with Crippen molar-refractivity contribution in [1.82, 2.24) is 9.78 Å². The molecule has 27 heteroatoms. The van der Waals surface area contributed by atoms with Gasteiger partial charge in [0.2, 0.25) is 0 Å². The SMILES string of the molecule is COc1ccc(O)c(N=Nc2cc([N+](=O)[O-])cc([N+](=O)[O-])c2[O-])c1.Cc1nn(-c2ccccc2)c([O-])c1N=Nc1cc(S(=O)(=O)[O-])cc([N+](=O)[O-])c1[O-].[Cr+3].[Na+].[Na+]. The van der Waals surface area contributed by atoms with Gasteiger partial charge in [0.05, 0.1) is 55.6 Å². The summed E-state index contributed by atoms with van der Waals surface area (Å²) in [6.07, 6.45) is 0. The van der Waals surface area contributed by atoms with E-state index in [0.29, 0.717) is 29.6 Å². The van der Waals surface area contributed by atoms with Crippen LogP contribution in [-0.2, 0) is 27.5 Å². The average molecular weight is 848 g/mol. The summed E-state index contributed by atoms with van der Waals surface area (Å²) in [7, 11) is -3.72. The van der Waals surface area contributed by atoms with Gasteiger partial charge < -0.3 is 29.7 Å². The summed E-state index contributed by atoms with van der Waals surface area (Å²) in [5.41, 5.74) is -3.95. The summed E-state index contributed by atoms with van der Waals surface area (Å²) in [6.45, 7) is 1.45. The predicted octanol–water partition coefficient (Wildman–Crippen LogP) is -1.73. The fourth-order valence-corrected chi connectivity index (χ4v) is 4.62. The second kappa shape index (κ2) is 20.7. The molecule has 0 bridgehead atoms. The van der Waals surface area contributed by atoms with Gasteiger partial charge in [-0.1, -0.05) is 18.2 Å². The fraction of sp³-hybridized carbons (Fsp3) is 0.0690. The number of nitrogens with zero attached hydrogens (tertiary/aromatic N) is 9. The average Bonchev–Trinajstić information content (AvgIpc) is 3.39. The van der Waals surface area contributed by atoms with Crippen molar-refractivity contribution in [3.63, 3.8) is 0 Å². The molecular weight excluding hydrogens is 828 g/mol. The van der Waals surface area contributed by atoms with E-state index in [-0.39, 0.29) is 99.3 Å². The molecule has 0 saturated heterocycles. The van der Waals surface area contributed by atoms with Crippen molar-refractivity contribution in [2.75, 3.05) is 7.11 Å². The van der Waals surface area contributed by atoms with E-state index in [9.17, 15) is 63.7 Å². The molecule has 4 aromatic carbocycles. The third kappa shape index (κ3) is 11.7. The normalized spacial score (nSPS) is 10.7. The third-order valence-electron chi connectivity index (χ3n) is 6.64. The van der Waals surface area contributed by atoms with Gasteiger partial charge in [-0.15, -0.1) is 10.2 Å². The van der Waals surface area contributed by atoms with Crippen molar-refractivity contribution < 1.29 is 129 Å². The van der Waals surface area contributed by atoms with Crippen molar-refractivity contribution in [2.45, 2.75) is 11.8 Å². The summed E-state index contributed by atoms with van der Waals surface area (Å²) in [5, 5.41) is 97.0. The van der Waals surface area contributed by atoms with E-state index in [0.717, 1.165) is 10.7 Å². The Morgan fingerprint density at radius 1 is 0.750 bits per heavy atom. The van der Waals surface area contributed by atoms with Crippen LogP contribution < -0.4 is 79.2 Å². The second-order valence-electron chi connectivity index (χ2n) is 10.1. The van der Waals surface area contributed by atoms with Crippen LogP contribution >= 0.6 is 0 Å². The van der Waals surface area contributed by atoms with Gasteiger partial charge >= 0.3 is 76.5 Å². The van der Waals surface area contributed by atoms with E-state index < -0.39 is 75.6 Å². The zero-order valence-electron chi connectivity index (χ0n) is 29.0. The quantitative estimate of drug-likeness (QED) is 0.0536. The molecule has 0 fully saturated rings. The molecule has 0 atom stereocenters. The molecule has 0 aliphatic rings. The molecular formula is C29H19CrN9Na2O14S+. The zero-order chi connectivity index (χ0) is 39.2. The van der Waals surface area contributed by atoms with Crippen LogP contribution in [0.2, 0.25) is 0 Å². The largest absolute Gasteiger partial charge is 3.00 e. The minimum atomic E-state index is -5.10. The molecule has 0 unspecified atom stereocenters. The monoisotopic (exact) mass is 847 g/mol. The number of aromatic hydroxyl groups is 1. The summed E-state index contributed by atoms with van der Waals surface area (Å²) < 4.78 is 39.6. The molecule has 5 aromatic rings. The van der Waals surface area contributed by atoms with Crippen molar-refractivity contribution in [1.29, 1.82) is 0 Å². The van der Waals surface area contributed by atoms with Crippen molar-refractivity contribution in [2.24, 2.45) is 20.5 Å². The Labute approximate surface area is 368 Å². The maximum atomic E-state index is 12.5. The Morgan fingerprint density at radius 3 is 1.82 bits per heavy atom.